The van der Waals surface area contributed by atoms with Gasteiger partial charge in [-0.1, -0.05) is 256 Å². The van der Waals surface area contributed by atoms with E-state index in [0.717, 1.165) is 70.6 Å². The average Bonchev–Trinajstić information content (AvgIpc) is 3.37. The maximum absolute atomic E-state index is 12.9. The van der Waals surface area contributed by atoms with Crippen molar-refractivity contribution in [2.75, 3.05) is 13.2 Å². The molecule has 0 aromatic rings. The van der Waals surface area contributed by atoms with Gasteiger partial charge in [0.05, 0.1) is 0 Å². The second-order valence-corrected chi connectivity index (χ2v) is 21.0. The Morgan fingerprint density at radius 2 is 0.507 bits per heavy atom. The molecule has 0 spiro atoms. The molecule has 0 aliphatic heterocycles. The van der Waals surface area contributed by atoms with Crippen molar-refractivity contribution < 1.29 is 28.6 Å². The molecular formula is C65H118O6. The van der Waals surface area contributed by atoms with Gasteiger partial charge in [0.25, 0.3) is 0 Å². The first kappa shape index (κ1) is 68.4. The van der Waals surface area contributed by atoms with Gasteiger partial charge in [-0.25, -0.2) is 0 Å². The van der Waals surface area contributed by atoms with Crippen LogP contribution >= 0.6 is 0 Å². The molecule has 0 heterocycles. The van der Waals surface area contributed by atoms with Crippen molar-refractivity contribution in [2.24, 2.45) is 0 Å². The minimum atomic E-state index is -0.779. The van der Waals surface area contributed by atoms with Crippen molar-refractivity contribution >= 4 is 17.9 Å². The lowest BCUT2D eigenvalue weighted by Crippen LogP contribution is -2.30. The molecule has 0 N–H and O–H groups in total. The summed E-state index contributed by atoms with van der Waals surface area (Å²) in [5.74, 6) is -0.871. The fourth-order valence-electron chi connectivity index (χ4n) is 9.05. The first-order chi connectivity index (χ1) is 35.0. The summed E-state index contributed by atoms with van der Waals surface area (Å²) >= 11 is 0. The SMILES string of the molecule is CCCCC/C=C\C/C=C\CCCCCCCCCC(=O)OC[C@H](COC(=O)CCCCCCCCCCCCC/C=C\CCCCCCCC)OC(=O)CCCCCCCCC/C=C\CCCCCC. The van der Waals surface area contributed by atoms with Crippen LogP contribution in [-0.2, 0) is 28.6 Å². The van der Waals surface area contributed by atoms with Crippen LogP contribution in [0.25, 0.3) is 0 Å². The lowest BCUT2D eigenvalue weighted by molar-refractivity contribution is -0.167. The summed E-state index contributed by atoms with van der Waals surface area (Å²) < 4.78 is 16.9. The minimum Gasteiger partial charge on any atom is -0.462 e. The Kier molecular flexibility index (Phi) is 57.7. The Hall–Kier alpha value is -2.63. The van der Waals surface area contributed by atoms with Crippen LogP contribution in [0.4, 0.5) is 0 Å². The minimum absolute atomic E-state index is 0.0756. The molecule has 6 nitrogen and oxygen atoms in total. The van der Waals surface area contributed by atoms with Gasteiger partial charge >= 0.3 is 17.9 Å². The van der Waals surface area contributed by atoms with E-state index in [1.165, 1.54) is 218 Å². The molecule has 71 heavy (non-hydrogen) atoms. The van der Waals surface area contributed by atoms with Gasteiger partial charge in [-0.3, -0.25) is 14.4 Å². The highest BCUT2D eigenvalue weighted by atomic mass is 16.6. The van der Waals surface area contributed by atoms with Gasteiger partial charge in [-0.05, 0) is 103 Å². The zero-order valence-corrected chi connectivity index (χ0v) is 47.5. The molecule has 414 valence electrons. The number of unbranched alkanes of at least 4 members (excludes halogenated alkanes) is 38. The van der Waals surface area contributed by atoms with Gasteiger partial charge in [-0.2, -0.15) is 0 Å². The molecule has 6 heteroatoms. The van der Waals surface area contributed by atoms with Gasteiger partial charge in [0.2, 0.25) is 0 Å². The smallest absolute Gasteiger partial charge is 0.306 e. The second kappa shape index (κ2) is 59.9. The molecule has 0 aromatic carbocycles. The van der Waals surface area contributed by atoms with Crippen molar-refractivity contribution in [2.45, 2.75) is 335 Å². The molecule has 0 bridgehead atoms. The summed E-state index contributed by atoms with van der Waals surface area (Å²) in [5.41, 5.74) is 0. The van der Waals surface area contributed by atoms with Crippen molar-refractivity contribution in [1.82, 2.24) is 0 Å². The molecule has 0 rings (SSSR count). The third kappa shape index (κ3) is 58.1. The van der Waals surface area contributed by atoms with Gasteiger partial charge < -0.3 is 14.2 Å². The van der Waals surface area contributed by atoms with Crippen LogP contribution in [0.2, 0.25) is 0 Å². The maximum atomic E-state index is 12.9. The van der Waals surface area contributed by atoms with Crippen LogP contribution in [0.15, 0.2) is 48.6 Å². The lowest BCUT2D eigenvalue weighted by atomic mass is 10.0. The van der Waals surface area contributed by atoms with Crippen LogP contribution in [0.3, 0.4) is 0 Å². The number of rotatable bonds is 57. The molecule has 0 fully saturated rings. The average molecular weight is 996 g/mol. The van der Waals surface area contributed by atoms with E-state index >= 15 is 0 Å². The third-order valence-electron chi connectivity index (χ3n) is 13.8. The van der Waals surface area contributed by atoms with Crippen molar-refractivity contribution in [3.05, 3.63) is 48.6 Å². The molecule has 1 atom stereocenters. The quantitative estimate of drug-likeness (QED) is 0.0261. The van der Waals surface area contributed by atoms with E-state index in [0.29, 0.717) is 19.3 Å². The van der Waals surface area contributed by atoms with E-state index in [1.54, 1.807) is 0 Å². The molecule has 0 aromatic heterocycles. The third-order valence-corrected chi connectivity index (χ3v) is 13.8. The summed E-state index contributed by atoms with van der Waals surface area (Å²) in [6.07, 6.45) is 73.9. The van der Waals surface area contributed by atoms with Gasteiger partial charge in [0, 0.05) is 19.3 Å². The highest BCUT2D eigenvalue weighted by molar-refractivity contribution is 5.71. The van der Waals surface area contributed by atoms with Crippen LogP contribution < -0.4 is 0 Å². The zero-order valence-electron chi connectivity index (χ0n) is 47.5. The molecule has 0 amide bonds. The number of allylic oxidation sites excluding steroid dienone is 8. The fourth-order valence-corrected chi connectivity index (χ4v) is 9.05. The topological polar surface area (TPSA) is 78.9 Å². The Morgan fingerprint density at radius 3 is 0.831 bits per heavy atom. The first-order valence-electron chi connectivity index (χ1n) is 31.1. The molecule has 0 saturated heterocycles. The number of esters is 3. The summed E-state index contributed by atoms with van der Waals surface area (Å²) in [6.45, 7) is 6.63. The van der Waals surface area contributed by atoms with E-state index in [2.05, 4.69) is 69.4 Å². The normalized spacial score (nSPS) is 12.3. The molecule has 0 saturated carbocycles. The molecule has 0 aliphatic carbocycles. The van der Waals surface area contributed by atoms with E-state index in [1.807, 2.05) is 0 Å². The van der Waals surface area contributed by atoms with E-state index < -0.39 is 6.10 Å². The van der Waals surface area contributed by atoms with Crippen LogP contribution in [0, 0.1) is 0 Å². The summed E-state index contributed by atoms with van der Waals surface area (Å²) in [5, 5.41) is 0. The fraction of sp³-hybridized carbons (Fsp3) is 0.831. The lowest BCUT2D eigenvalue weighted by Gasteiger charge is -2.18. The number of hydrogen-bond donors (Lipinski definition) is 0. The van der Waals surface area contributed by atoms with E-state index in [4.69, 9.17) is 14.2 Å². The molecule has 0 aliphatic rings. The monoisotopic (exact) mass is 995 g/mol. The Morgan fingerprint density at radius 1 is 0.282 bits per heavy atom. The largest absolute Gasteiger partial charge is 0.462 e. The maximum Gasteiger partial charge on any atom is 0.306 e. The Labute approximate surface area is 441 Å². The number of ether oxygens (including phenoxy) is 3. The van der Waals surface area contributed by atoms with Gasteiger partial charge in [-0.15, -0.1) is 0 Å². The standard InChI is InChI=1S/C65H118O6/c1-4-7-10-13-16-19-22-25-28-30-31-32-33-35-38-40-43-46-49-52-55-58-64(67)70-61-62(71-65(68)59-56-53-50-47-44-41-36-27-24-21-18-15-12-9-6-3)60-69-63(66)57-54-51-48-45-42-39-37-34-29-26-23-20-17-14-11-8-5-2/h17,20-21,24-26,28-29,62H,4-16,18-19,22-23,27,30-61H2,1-3H3/b20-17-,24-21-,28-25-,29-26-/t62-/m1/s1. The van der Waals surface area contributed by atoms with Gasteiger partial charge in [0.1, 0.15) is 13.2 Å². The van der Waals surface area contributed by atoms with E-state index in [9.17, 15) is 14.4 Å². The summed E-state index contributed by atoms with van der Waals surface area (Å²) in [7, 11) is 0. The number of hydrogen-bond acceptors (Lipinski definition) is 6. The first-order valence-corrected chi connectivity index (χ1v) is 31.1. The summed E-state index contributed by atoms with van der Waals surface area (Å²) in [6, 6.07) is 0. The van der Waals surface area contributed by atoms with Crippen LogP contribution in [0.5, 0.6) is 0 Å². The predicted octanol–water partition coefficient (Wildman–Crippen LogP) is 21.0. The second-order valence-electron chi connectivity index (χ2n) is 21.0. The molecular weight excluding hydrogens is 877 g/mol. The molecule has 0 radical (unpaired) electrons. The van der Waals surface area contributed by atoms with Crippen molar-refractivity contribution in [1.29, 1.82) is 0 Å². The Balaban J connectivity index is 4.33. The van der Waals surface area contributed by atoms with Crippen LogP contribution in [0.1, 0.15) is 329 Å². The number of carbonyl (C=O) groups is 3. The number of carbonyl (C=O) groups excluding carboxylic acids is 3. The van der Waals surface area contributed by atoms with Gasteiger partial charge in [0.15, 0.2) is 6.10 Å². The van der Waals surface area contributed by atoms with Crippen LogP contribution in [-0.4, -0.2) is 37.2 Å². The van der Waals surface area contributed by atoms with E-state index in [-0.39, 0.29) is 31.1 Å². The molecule has 0 unspecified atom stereocenters. The van der Waals surface area contributed by atoms with Crippen molar-refractivity contribution in [3.63, 3.8) is 0 Å². The van der Waals surface area contributed by atoms with Crippen molar-refractivity contribution in [3.8, 4) is 0 Å². The Bertz CT molecular complexity index is 1230. The highest BCUT2D eigenvalue weighted by Gasteiger charge is 2.19. The highest BCUT2D eigenvalue weighted by Crippen LogP contribution is 2.16. The zero-order chi connectivity index (χ0) is 51.4. The summed E-state index contributed by atoms with van der Waals surface area (Å²) in [4.78, 5) is 38.3. The predicted molar refractivity (Wildman–Crippen MR) is 307 cm³/mol.